The zero-order valence-corrected chi connectivity index (χ0v) is 11.6. The molecule has 0 aromatic heterocycles. The Kier molecular flexibility index (Phi) is 4.25. The number of para-hydroxylation sites is 1. The van der Waals surface area contributed by atoms with Gasteiger partial charge >= 0.3 is 0 Å². The van der Waals surface area contributed by atoms with Crippen LogP contribution in [0.2, 0.25) is 0 Å². The molecule has 2 rings (SSSR count). The van der Waals surface area contributed by atoms with Crippen molar-refractivity contribution in [3.05, 3.63) is 53.6 Å². The van der Waals surface area contributed by atoms with Crippen molar-refractivity contribution in [3.63, 3.8) is 0 Å². The fraction of sp³-hybridized carbons (Fsp3) is 0.188. The zero-order valence-electron chi connectivity index (χ0n) is 11.6. The maximum absolute atomic E-state index is 7.63. The summed E-state index contributed by atoms with van der Waals surface area (Å²) in [5.74, 6) is 1.93. The molecule has 0 amide bonds. The van der Waals surface area contributed by atoms with Gasteiger partial charge in [0.25, 0.3) is 0 Å². The Balaban J connectivity index is 2.43. The van der Waals surface area contributed by atoms with Crippen LogP contribution >= 0.6 is 0 Å². The lowest BCUT2D eigenvalue weighted by atomic mass is 10.1. The topological polar surface area (TPSA) is 68.3 Å². The number of hydrogen-bond donors (Lipinski definition) is 2. The highest BCUT2D eigenvalue weighted by Gasteiger charge is 2.11. The molecule has 20 heavy (non-hydrogen) atoms. The summed E-state index contributed by atoms with van der Waals surface area (Å²) in [5.41, 5.74) is 7.25. The number of nitrogens with one attached hydrogen (secondary N) is 1. The van der Waals surface area contributed by atoms with Crippen LogP contribution < -0.4 is 15.2 Å². The van der Waals surface area contributed by atoms with Crippen molar-refractivity contribution in [2.75, 3.05) is 7.11 Å². The molecule has 2 aromatic rings. The van der Waals surface area contributed by atoms with Crippen molar-refractivity contribution in [1.29, 1.82) is 5.41 Å². The van der Waals surface area contributed by atoms with Crippen LogP contribution in [-0.4, -0.2) is 12.9 Å². The van der Waals surface area contributed by atoms with Crippen LogP contribution in [0.4, 0.5) is 0 Å². The van der Waals surface area contributed by atoms with Gasteiger partial charge in [0.05, 0.1) is 12.7 Å². The second-order valence-electron chi connectivity index (χ2n) is 4.34. The molecule has 0 bridgehead atoms. The molecule has 0 aliphatic rings. The van der Waals surface area contributed by atoms with E-state index >= 15 is 0 Å². The van der Waals surface area contributed by atoms with E-state index in [2.05, 4.69) is 6.92 Å². The number of hydrogen-bond acceptors (Lipinski definition) is 3. The standard InChI is InChI=1S/C16H18N2O2/c1-3-11-6-4-5-7-14(11)20-15-10-12(19-2)8-9-13(15)16(17)18/h4-10H,3H2,1-2H3,(H3,17,18). The van der Waals surface area contributed by atoms with Crippen LogP contribution in [0.5, 0.6) is 17.2 Å². The predicted octanol–water partition coefficient (Wildman–Crippen LogP) is 3.33. The Hall–Kier alpha value is -2.49. The Morgan fingerprint density at radius 2 is 1.90 bits per heavy atom. The first-order chi connectivity index (χ1) is 9.65. The van der Waals surface area contributed by atoms with Gasteiger partial charge in [0.15, 0.2) is 0 Å². The number of rotatable bonds is 5. The molecule has 0 radical (unpaired) electrons. The molecule has 0 unspecified atom stereocenters. The van der Waals surface area contributed by atoms with Crippen molar-refractivity contribution >= 4 is 5.84 Å². The van der Waals surface area contributed by atoms with Gasteiger partial charge in [-0.1, -0.05) is 25.1 Å². The monoisotopic (exact) mass is 270 g/mol. The molecular formula is C16H18N2O2. The number of aryl methyl sites for hydroxylation is 1. The van der Waals surface area contributed by atoms with Crippen LogP contribution in [0, 0.1) is 5.41 Å². The minimum atomic E-state index is -0.0309. The molecule has 0 heterocycles. The Morgan fingerprint density at radius 1 is 1.15 bits per heavy atom. The van der Waals surface area contributed by atoms with Crippen molar-refractivity contribution in [1.82, 2.24) is 0 Å². The number of nitrogens with two attached hydrogens (primary N) is 1. The average Bonchev–Trinajstić information content (AvgIpc) is 2.47. The molecule has 3 N–H and O–H groups in total. The Bertz CT molecular complexity index is 624. The summed E-state index contributed by atoms with van der Waals surface area (Å²) < 4.78 is 11.1. The summed E-state index contributed by atoms with van der Waals surface area (Å²) in [6.07, 6.45) is 0.871. The van der Waals surface area contributed by atoms with E-state index < -0.39 is 0 Å². The highest BCUT2D eigenvalue weighted by atomic mass is 16.5. The first-order valence-corrected chi connectivity index (χ1v) is 6.44. The minimum absolute atomic E-state index is 0.0309. The molecule has 0 fully saturated rings. The van der Waals surface area contributed by atoms with E-state index in [0.717, 1.165) is 17.7 Å². The zero-order chi connectivity index (χ0) is 14.5. The first-order valence-electron chi connectivity index (χ1n) is 6.44. The van der Waals surface area contributed by atoms with Crippen molar-refractivity contribution in [2.45, 2.75) is 13.3 Å². The largest absolute Gasteiger partial charge is 0.497 e. The molecular weight excluding hydrogens is 252 g/mol. The number of amidine groups is 1. The lowest BCUT2D eigenvalue weighted by Gasteiger charge is -2.14. The summed E-state index contributed by atoms with van der Waals surface area (Å²) in [6, 6.07) is 13.0. The van der Waals surface area contributed by atoms with E-state index in [4.69, 9.17) is 20.6 Å². The number of methoxy groups -OCH3 is 1. The van der Waals surface area contributed by atoms with Crippen molar-refractivity contribution < 1.29 is 9.47 Å². The van der Waals surface area contributed by atoms with Gasteiger partial charge in [-0.3, -0.25) is 5.41 Å². The maximum atomic E-state index is 7.63. The van der Waals surface area contributed by atoms with Gasteiger partial charge in [0.2, 0.25) is 0 Å². The van der Waals surface area contributed by atoms with E-state index in [1.807, 2.05) is 24.3 Å². The molecule has 0 saturated heterocycles. The fourth-order valence-electron chi connectivity index (χ4n) is 1.95. The van der Waals surface area contributed by atoms with Gasteiger partial charge in [0.1, 0.15) is 23.1 Å². The quantitative estimate of drug-likeness (QED) is 0.646. The van der Waals surface area contributed by atoms with E-state index in [-0.39, 0.29) is 5.84 Å². The van der Waals surface area contributed by atoms with E-state index in [1.165, 1.54) is 0 Å². The van der Waals surface area contributed by atoms with Crippen molar-refractivity contribution in [2.24, 2.45) is 5.73 Å². The van der Waals surface area contributed by atoms with Gasteiger partial charge in [0, 0.05) is 6.07 Å². The maximum Gasteiger partial charge on any atom is 0.142 e. The van der Waals surface area contributed by atoms with E-state index in [0.29, 0.717) is 17.1 Å². The summed E-state index contributed by atoms with van der Waals surface area (Å²) in [7, 11) is 1.59. The normalized spacial score (nSPS) is 10.1. The summed E-state index contributed by atoms with van der Waals surface area (Å²) in [5, 5.41) is 7.63. The third-order valence-corrected chi connectivity index (χ3v) is 3.05. The SMILES string of the molecule is CCc1ccccc1Oc1cc(OC)ccc1C(=N)N. The summed E-state index contributed by atoms with van der Waals surface area (Å²) in [4.78, 5) is 0. The first kappa shape index (κ1) is 13.9. The van der Waals surface area contributed by atoms with Gasteiger partial charge in [-0.15, -0.1) is 0 Å². The molecule has 4 heteroatoms. The molecule has 2 aromatic carbocycles. The summed E-state index contributed by atoms with van der Waals surface area (Å²) >= 11 is 0. The molecule has 104 valence electrons. The smallest absolute Gasteiger partial charge is 0.142 e. The second kappa shape index (κ2) is 6.10. The molecule has 0 atom stereocenters. The lowest BCUT2D eigenvalue weighted by Crippen LogP contribution is -2.12. The third-order valence-electron chi connectivity index (χ3n) is 3.05. The van der Waals surface area contributed by atoms with Crippen LogP contribution in [-0.2, 0) is 6.42 Å². The van der Waals surface area contributed by atoms with Crippen molar-refractivity contribution in [3.8, 4) is 17.2 Å². The van der Waals surface area contributed by atoms with Gasteiger partial charge in [-0.2, -0.15) is 0 Å². The van der Waals surface area contributed by atoms with Gasteiger partial charge in [-0.25, -0.2) is 0 Å². The number of ether oxygens (including phenoxy) is 2. The third kappa shape index (κ3) is 2.91. The van der Waals surface area contributed by atoms with Gasteiger partial charge < -0.3 is 15.2 Å². The minimum Gasteiger partial charge on any atom is -0.497 e. The number of nitrogen functional groups attached to an aromatic ring is 1. The van der Waals surface area contributed by atoms with E-state index in [9.17, 15) is 0 Å². The Morgan fingerprint density at radius 3 is 2.55 bits per heavy atom. The van der Waals surface area contributed by atoms with Gasteiger partial charge in [-0.05, 0) is 30.2 Å². The van der Waals surface area contributed by atoms with Crippen LogP contribution in [0.25, 0.3) is 0 Å². The number of benzene rings is 2. The van der Waals surface area contributed by atoms with Crippen LogP contribution in [0.15, 0.2) is 42.5 Å². The lowest BCUT2D eigenvalue weighted by molar-refractivity contribution is 0.408. The van der Waals surface area contributed by atoms with Crippen LogP contribution in [0.1, 0.15) is 18.1 Å². The molecule has 4 nitrogen and oxygen atoms in total. The Labute approximate surface area is 118 Å². The fourth-order valence-corrected chi connectivity index (χ4v) is 1.95. The average molecular weight is 270 g/mol. The molecule has 0 aliphatic heterocycles. The highest BCUT2D eigenvalue weighted by Crippen LogP contribution is 2.31. The second-order valence-corrected chi connectivity index (χ2v) is 4.34. The highest BCUT2D eigenvalue weighted by molar-refractivity contribution is 5.97. The molecule has 0 spiro atoms. The summed E-state index contributed by atoms with van der Waals surface area (Å²) in [6.45, 7) is 2.07. The molecule has 0 aliphatic carbocycles. The van der Waals surface area contributed by atoms with E-state index in [1.54, 1.807) is 25.3 Å². The molecule has 0 saturated carbocycles. The van der Waals surface area contributed by atoms with Crippen LogP contribution in [0.3, 0.4) is 0 Å². The predicted molar refractivity (Wildman–Crippen MR) is 79.9 cm³/mol.